The average molecular weight is 582 g/mol. The zero-order valence-electron chi connectivity index (χ0n) is 29.7. The van der Waals surface area contributed by atoms with Gasteiger partial charge in [-0.15, -0.1) is 0 Å². The first-order valence-corrected chi connectivity index (χ1v) is 18.7. The largest absolute Gasteiger partial charge is 0.379 e. The molecule has 0 atom stereocenters. The van der Waals surface area contributed by atoms with Crippen LogP contribution in [0.25, 0.3) is 0 Å². The van der Waals surface area contributed by atoms with Crippen molar-refractivity contribution in [3.63, 3.8) is 0 Å². The van der Waals surface area contributed by atoms with E-state index in [1.807, 2.05) is 0 Å². The Bertz CT molecular complexity index is 494. The van der Waals surface area contributed by atoms with Gasteiger partial charge >= 0.3 is 0 Å². The van der Waals surface area contributed by atoms with Crippen LogP contribution in [0.4, 0.5) is 0 Å². The van der Waals surface area contributed by atoms with Crippen molar-refractivity contribution < 1.29 is 9.47 Å². The number of hydrogen-bond donors (Lipinski definition) is 1. The summed E-state index contributed by atoms with van der Waals surface area (Å²) in [5.41, 5.74) is -0.161. The van der Waals surface area contributed by atoms with Crippen LogP contribution in [0.1, 0.15) is 202 Å². The van der Waals surface area contributed by atoms with Crippen LogP contribution in [-0.4, -0.2) is 38.0 Å². The highest BCUT2D eigenvalue weighted by Gasteiger charge is 2.21. The minimum atomic E-state index is -0.102. The molecule has 0 fully saturated rings. The van der Waals surface area contributed by atoms with Crippen LogP contribution < -0.4 is 5.32 Å². The summed E-state index contributed by atoms with van der Waals surface area (Å²) in [4.78, 5) is 0. The summed E-state index contributed by atoms with van der Waals surface area (Å²) in [7, 11) is 1.79. The molecule has 0 spiro atoms. The molecule has 3 nitrogen and oxygen atoms in total. The van der Waals surface area contributed by atoms with Gasteiger partial charge in [0.2, 0.25) is 0 Å². The van der Waals surface area contributed by atoms with E-state index in [0.29, 0.717) is 0 Å². The molecule has 0 saturated heterocycles. The molecule has 0 aromatic carbocycles. The quantitative estimate of drug-likeness (QED) is 0.0782. The summed E-state index contributed by atoms with van der Waals surface area (Å²) in [6, 6.07) is 0. The molecule has 0 aliphatic carbocycles. The van der Waals surface area contributed by atoms with Crippen LogP contribution in [0.5, 0.6) is 0 Å². The lowest BCUT2D eigenvalue weighted by molar-refractivity contribution is -0.0616. The molecule has 0 bridgehead atoms. The highest BCUT2D eigenvalue weighted by atomic mass is 16.5. The third kappa shape index (κ3) is 29.7. The molecule has 0 amide bonds. The number of nitrogens with one attached hydrogen (secondary N) is 1. The van der Waals surface area contributed by atoms with Crippen LogP contribution >= 0.6 is 0 Å². The Morgan fingerprint density at radius 2 is 0.927 bits per heavy atom. The van der Waals surface area contributed by atoms with Crippen molar-refractivity contribution in [1.82, 2.24) is 5.32 Å². The SMILES string of the molecule is CCCCCCCCCCCCC(CCCCCCCCCCCC)CNCCCC(C)(C)OCCC(C)(C)OC. The minimum Gasteiger partial charge on any atom is -0.379 e. The molecule has 0 aliphatic heterocycles. The predicted molar refractivity (Wildman–Crippen MR) is 184 cm³/mol. The first kappa shape index (κ1) is 40.9. The van der Waals surface area contributed by atoms with Crippen LogP contribution in [0.2, 0.25) is 0 Å². The first-order valence-electron chi connectivity index (χ1n) is 18.7. The lowest BCUT2D eigenvalue weighted by Crippen LogP contribution is -2.31. The Morgan fingerprint density at radius 1 is 0.512 bits per heavy atom. The standard InChI is InChI=1S/C38H79NO2/c1-8-10-12-14-16-18-20-22-24-26-29-36(30-27-25-23-21-19-17-15-13-11-9-2)35-39-33-28-31-38(5,6)41-34-32-37(3,4)40-7/h36,39H,8-35H2,1-7H3. The number of hydrogen-bond acceptors (Lipinski definition) is 3. The molecule has 0 heterocycles. The van der Waals surface area contributed by atoms with Crippen LogP contribution in [-0.2, 0) is 9.47 Å². The predicted octanol–water partition coefficient (Wildman–Crippen LogP) is 12.2. The summed E-state index contributed by atoms with van der Waals surface area (Å²) in [5, 5.41) is 3.84. The van der Waals surface area contributed by atoms with E-state index in [-0.39, 0.29) is 11.2 Å². The molecular weight excluding hydrogens is 502 g/mol. The number of unbranched alkanes of at least 4 members (excludes halogenated alkanes) is 18. The van der Waals surface area contributed by atoms with E-state index >= 15 is 0 Å². The maximum Gasteiger partial charge on any atom is 0.0644 e. The van der Waals surface area contributed by atoms with Crippen molar-refractivity contribution in [2.24, 2.45) is 5.92 Å². The summed E-state index contributed by atoms with van der Waals surface area (Å²) < 4.78 is 11.8. The van der Waals surface area contributed by atoms with Gasteiger partial charge in [0.05, 0.1) is 17.8 Å². The van der Waals surface area contributed by atoms with E-state index < -0.39 is 0 Å². The third-order valence-corrected chi connectivity index (χ3v) is 9.25. The van der Waals surface area contributed by atoms with E-state index in [1.54, 1.807) is 7.11 Å². The molecule has 0 aromatic rings. The van der Waals surface area contributed by atoms with Crippen LogP contribution in [0.15, 0.2) is 0 Å². The Balaban J connectivity index is 4.17. The maximum absolute atomic E-state index is 6.22. The summed E-state index contributed by atoms with van der Waals surface area (Å²) >= 11 is 0. The molecule has 0 rings (SSSR count). The second-order valence-electron chi connectivity index (χ2n) is 14.4. The highest BCUT2D eigenvalue weighted by molar-refractivity contribution is 4.73. The van der Waals surface area contributed by atoms with Crippen molar-refractivity contribution in [3.05, 3.63) is 0 Å². The fourth-order valence-electron chi connectivity index (χ4n) is 5.88. The van der Waals surface area contributed by atoms with E-state index in [2.05, 4.69) is 46.9 Å². The number of rotatable bonds is 33. The Morgan fingerprint density at radius 3 is 1.34 bits per heavy atom. The lowest BCUT2D eigenvalue weighted by Gasteiger charge is -2.29. The topological polar surface area (TPSA) is 30.5 Å². The Labute approximate surface area is 260 Å². The number of methoxy groups -OCH3 is 1. The van der Waals surface area contributed by atoms with Crippen molar-refractivity contribution in [2.75, 3.05) is 26.8 Å². The van der Waals surface area contributed by atoms with Crippen LogP contribution in [0, 0.1) is 5.92 Å². The van der Waals surface area contributed by atoms with Gasteiger partial charge in [-0.05, 0) is 78.8 Å². The van der Waals surface area contributed by atoms with Gasteiger partial charge < -0.3 is 14.8 Å². The third-order valence-electron chi connectivity index (χ3n) is 9.25. The smallest absolute Gasteiger partial charge is 0.0644 e. The number of ether oxygens (including phenoxy) is 2. The highest BCUT2D eigenvalue weighted by Crippen LogP contribution is 2.22. The summed E-state index contributed by atoms with van der Waals surface area (Å²) in [6.07, 6.45) is 34.8. The average Bonchev–Trinajstić information content (AvgIpc) is 2.94. The zero-order valence-corrected chi connectivity index (χ0v) is 29.7. The second-order valence-corrected chi connectivity index (χ2v) is 14.4. The lowest BCUT2D eigenvalue weighted by atomic mass is 9.93. The van der Waals surface area contributed by atoms with Gasteiger partial charge in [-0.25, -0.2) is 0 Å². The fourth-order valence-corrected chi connectivity index (χ4v) is 5.88. The molecule has 0 radical (unpaired) electrons. The van der Waals surface area contributed by atoms with Gasteiger partial charge in [0.1, 0.15) is 0 Å². The van der Waals surface area contributed by atoms with E-state index in [1.165, 1.54) is 154 Å². The van der Waals surface area contributed by atoms with Crippen molar-refractivity contribution in [2.45, 2.75) is 213 Å². The monoisotopic (exact) mass is 582 g/mol. The van der Waals surface area contributed by atoms with E-state index in [9.17, 15) is 0 Å². The normalized spacial score (nSPS) is 12.6. The zero-order chi connectivity index (χ0) is 30.5. The molecule has 3 heteroatoms. The second kappa shape index (κ2) is 28.6. The minimum absolute atomic E-state index is 0.0586. The molecule has 0 saturated carbocycles. The fraction of sp³-hybridized carbons (Fsp3) is 1.00. The first-order chi connectivity index (χ1) is 19.8. The van der Waals surface area contributed by atoms with Gasteiger partial charge in [-0.1, -0.05) is 142 Å². The van der Waals surface area contributed by atoms with Gasteiger partial charge in [0, 0.05) is 7.11 Å². The molecule has 41 heavy (non-hydrogen) atoms. The molecule has 248 valence electrons. The maximum atomic E-state index is 6.22. The molecule has 1 N–H and O–H groups in total. The van der Waals surface area contributed by atoms with E-state index in [0.717, 1.165) is 31.9 Å². The molecule has 0 aliphatic rings. The van der Waals surface area contributed by atoms with Gasteiger partial charge in [-0.3, -0.25) is 0 Å². The molecule has 0 unspecified atom stereocenters. The Hall–Kier alpha value is -0.120. The Kier molecular flexibility index (Phi) is 28.6. The van der Waals surface area contributed by atoms with Gasteiger partial charge in [0.25, 0.3) is 0 Å². The van der Waals surface area contributed by atoms with Gasteiger partial charge in [0.15, 0.2) is 0 Å². The molecule has 0 aromatic heterocycles. The van der Waals surface area contributed by atoms with Crippen molar-refractivity contribution in [1.29, 1.82) is 0 Å². The van der Waals surface area contributed by atoms with Crippen molar-refractivity contribution in [3.8, 4) is 0 Å². The van der Waals surface area contributed by atoms with Crippen LogP contribution in [0.3, 0.4) is 0 Å². The summed E-state index contributed by atoms with van der Waals surface area (Å²) in [5.74, 6) is 0.860. The van der Waals surface area contributed by atoms with Crippen molar-refractivity contribution >= 4 is 0 Å². The molecular formula is C38H79NO2. The van der Waals surface area contributed by atoms with E-state index in [4.69, 9.17) is 9.47 Å². The summed E-state index contributed by atoms with van der Waals surface area (Å²) in [6.45, 7) is 16.5. The van der Waals surface area contributed by atoms with Gasteiger partial charge in [-0.2, -0.15) is 0 Å².